The van der Waals surface area contributed by atoms with Crippen LogP contribution in [0.15, 0.2) is 59.6 Å². The van der Waals surface area contributed by atoms with Crippen LogP contribution in [0.3, 0.4) is 0 Å². The molecule has 0 saturated heterocycles. The molecule has 0 aromatic heterocycles. The molecule has 0 aliphatic heterocycles. The smallest absolute Gasteiger partial charge is 0.328 e. The molecular weight excluding hydrogens is 432 g/mol. The van der Waals surface area contributed by atoms with Crippen molar-refractivity contribution in [2.75, 3.05) is 0 Å². The highest BCUT2D eigenvalue weighted by Crippen LogP contribution is 2.25. The summed E-state index contributed by atoms with van der Waals surface area (Å²) in [6, 6.07) is 12.6. The lowest BCUT2D eigenvalue weighted by atomic mass is 9.87. The van der Waals surface area contributed by atoms with E-state index in [1.807, 2.05) is 6.07 Å². The molecule has 2 aliphatic carbocycles. The number of halogens is 1. The van der Waals surface area contributed by atoms with Crippen molar-refractivity contribution >= 4 is 33.9 Å². The summed E-state index contributed by atoms with van der Waals surface area (Å²) in [7, 11) is 0. The number of rotatable bonds is 3. The third kappa shape index (κ3) is 8.48. The van der Waals surface area contributed by atoms with Gasteiger partial charge < -0.3 is 10.2 Å². The summed E-state index contributed by atoms with van der Waals surface area (Å²) in [5.41, 5.74) is 6.77. The maximum atomic E-state index is 10.3. The number of benzene rings is 2. The molecule has 0 radical (unpaired) electrons. The monoisotopic (exact) mass is 460 g/mol. The van der Waals surface area contributed by atoms with Gasteiger partial charge in [0.1, 0.15) is 0 Å². The highest BCUT2D eigenvalue weighted by molar-refractivity contribution is 9.10. The zero-order chi connectivity index (χ0) is 19.8. The average Bonchev–Trinajstić information content (AvgIpc) is 2.59. The van der Waals surface area contributed by atoms with Crippen LogP contribution in [0.25, 0.3) is 6.08 Å². The summed E-state index contributed by atoms with van der Waals surface area (Å²) in [5.74, 6) is -1.88. The maximum Gasteiger partial charge on any atom is 0.328 e. The van der Waals surface area contributed by atoms with Crippen LogP contribution >= 0.6 is 15.9 Å². The summed E-state index contributed by atoms with van der Waals surface area (Å²) in [5, 5.41) is 16.0. The van der Waals surface area contributed by atoms with Gasteiger partial charge in [-0.25, -0.2) is 9.59 Å². The molecule has 2 aromatic rings. The van der Waals surface area contributed by atoms with Crippen LogP contribution in [0, 0.1) is 0 Å². The lowest BCUT2D eigenvalue weighted by molar-refractivity contribution is -0.132. The number of aryl methyl sites for hydroxylation is 4. The molecule has 0 atom stereocenters. The molecule has 2 aromatic carbocycles. The van der Waals surface area contributed by atoms with Crippen molar-refractivity contribution in [1.82, 2.24) is 0 Å². The zero-order valence-corrected chi connectivity index (χ0v) is 16.4. The quantitative estimate of drug-likeness (QED) is 0.553. The van der Waals surface area contributed by atoms with Crippen LogP contribution in [0.5, 0.6) is 0 Å². The van der Waals surface area contributed by atoms with Gasteiger partial charge in [-0.15, -0.1) is 0 Å². The highest BCUT2D eigenvalue weighted by atomic mass is 79.9. The van der Waals surface area contributed by atoms with Gasteiger partial charge in [0.2, 0.25) is 0 Å². The van der Waals surface area contributed by atoms with Crippen molar-refractivity contribution in [2.45, 2.75) is 40.5 Å². The van der Waals surface area contributed by atoms with E-state index in [-0.39, 0.29) is 14.9 Å². The van der Waals surface area contributed by atoms with Gasteiger partial charge in [-0.05, 0) is 71.7 Å². The average molecular weight is 461 g/mol. The Labute approximate surface area is 181 Å². The number of carbonyl (C=O) groups is 2. The molecule has 29 heavy (non-hydrogen) atoms. The van der Waals surface area contributed by atoms with Gasteiger partial charge in [-0.2, -0.15) is 0 Å². The fourth-order valence-corrected chi connectivity index (χ4v) is 3.06. The Morgan fingerprint density at radius 3 is 1.66 bits per heavy atom. The number of carboxylic acids is 2. The largest absolute Gasteiger partial charge is 0.478 e. The molecule has 0 fully saturated rings. The van der Waals surface area contributed by atoms with E-state index in [1.165, 1.54) is 45.6 Å². The van der Waals surface area contributed by atoms with Crippen LogP contribution in [-0.2, 0) is 35.3 Å². The molecule has 0 spiro atoms. The molecule has 0 unspecified atom stereocenters. The van der Waals surface area contributed by atoms with Crippen molar-refractivity contribution in [3.05, 3.63) is 87.4 Å². The van der Waals surface area contributed by atoms with Crippen LogP contribution < -0.4 is 0 Å². The molecule has 4 rings (SSSR count). The Kier molecular flexibility index (Phi) is 11.6. The predicted octanol–water partition coefficient (Wildman–Crippen LogP) is 5.96. The standard InChI is InChI=1S/C11H10O2.C8H7Br.C3H4O2.2CH4/c12-11(13)6-2-8-1-3-9-4-5-10(9)7-8;9-8-4-3-6-1-2-7(6)5-8;1-2-3(4)5;;/h1-3,6-7H,4-5H2,(H,12,13);3-5H,1-2H2;2H,1H2,(H,4,5);2*1H4/b6-2+;;;;. The number of aliphatic carboxylic acids is 2. The van der Waals surface area contributed by atoms with E-state index in [0.29, 0.717) is 0 Å². The molecule has 0 bridgehead atoms. The molecule has 5 heteroatoms. The van der Waals surface area contributed by atoms with E-state index < -0.39 is 11.9 Å². The fraction of sp³-hybridized carbons (Fsp3) is 0.250. The summed E-state index contributed by atoms with van der Waals surface area (Å²) in [4.78, 5) is 19.5. The first-order valence-electron chi connectivity index (χ1n) is 8.54. The number of hydrogen-bond donors (Lipinski definition) is 2. The number of hydrogen-bond acceptors (Lipinski definition) is 2. The van der Waals surface area contributed by atoms with Crippen molar-refractivity contribution in [3.8, 4) is 0 Å². The fourth-order valence-electron chi connectivity index (χ4n) is 2.65. The van der Waals surface area contributed by atoms with Crippen molar-refractivity contribution in [1.29, 1.82) is 0 Å². The third-order valence-electron chi connectivity index (χ3n) is 4.32. The Balaban J connectivity index is 0.000000432. The second-order valence-electron chi connectivity index (χ2n) is 6.16. The molecular formula is C24H29BrO4. The summed E-state index contributed by atoms with van der Waals surface area (Å²) in [6.45, 7) is 2.96. The summed E-state index contributed by atoms with van der Waals surface area (Å²) >= 11 is 3.43. The maximum absolute atomic E-state index is 10.3. The van der Waals surface area contributed by atoms with Crippen LogP contribution in [0.2, 0.25) is 0 Å². The Bertz CT molecular complexity index is 884. The first-order chi connectivity index (χ1) is 12.9. The highest BCUT2D eigenvalue weighted by Gasteiger charge is 2.12. The topological polar surface area (TPSA) is 74.6 Å². The molecule has 0 heterocycles. The zero-order valence-electron chi connectivity index (χ0n) is 14.8. The van der Waals surface area contributed by atoms with Crippen molar-refractivity contribution in [2.24, 2.45) is 0 Å². The van der Waals surface area contributed by atoms with Gasteiger partial charge in [-0.3, -0.25) is 0 Å². The minimum atomic E-state index is -0.981. The van der Waals surface area contributed by atoms with Gasteiger partial charge in [0.05, 0.1) is 0 Å². The Hall–Kier alpha value is -2.66. The molecule has 2 aliphatic rings. The molecule has 156 valence electrons. The molecule has 0 amide bonds. The third-order valence-corrected chi connectivity index (χ3v) is 4.81. The minimum absolute atomic E-state index is 0. The van der Waals surface area contributed by atoms with Gasteiger partial charge in [0.25, 0.3) is 0 Å². The van der Waals surface area contributed by atoms with E-state index in [1.54, 1.807) is 6.08 Å². The molecule has 2 N–H and O–H groups in total. The van der Waals surface area contributed by atoms with Crippen molar-refractivity contribution < 1.29 is 19.8 Å². The van der Waals surface area contributed by atoms with Crippen LogP contribution in [0.4, 0.5) is 0 Å². The van der Waals surface area contributed by atoms with E-state index in [4.69, 9.17) is 10.2 Å². The second-order valence-corrected chi connectivity index (χ2v) is 7.07. The minimum Gasteiger partial charge on any atom is -0.478 e. The number of carboxylic acid groups (broad SMARTS) is 2. The molecule has 4 nitrogen and oxygen atoms in total. The SMILES string of the molecule is Brc1ccc2c(c1)CC2.C.C.C=CC(=O)O.O=C(O)/C=C/c1ccc2c(c1)CC2. The first-order valence-corrected chi connectivity index (χ1v) is 9.34. The van der Waals surface area contributed by atoms with Gasteiger partial charge >= 0.3 is 11.9 Å². The lowest BCUT2D eigenvalue weighted by Gasteiger charge is -2.18. The Morgan fingerprint density at radius 2 is 1.31 bits per heavy atom. The number of fused-ring (bicyclic) bond motifs is 2. The first kappa shape index (κ1) is 26.3. The summed E-state index contributed by atoms with van der Waals surface area (Å²) in [6.07, 6.45) is 8.47. The van der Waals surface area contributed by atoms with E-state index in [2.05, 4.69) is 52.8 Å². The normalized spacial score (nSPS) is 11.8. The van der Waals surface area contributed by atoms with Crippen LogP contribution in [0.1, 0.15) is 42.7 Å². The van der Waals surface area contributed by atoms with Gasteiger partial charge in [-0.1, -0.05) is 61.6 Å². The predicted molar refractivity (Wildman–Crippen MR) is 123 cm³/mol. The van der Waals surface area contributed by atoms with E-state index in [0.717, 1.165) is 24.5 Å². The lowest BCUT2D eigenvalue weighted by Crippen LogP contribution is -2.07. The van der Waals surface area contributed by atoms with Crippen molar-refractivity contribution in [3.63, 3.8) is 0 Å². The van der Waals surface area contributed by atoms with E-state index in [9.17, 15) is 9.59 Å². The Morgan fingerprint density at radius 1 is 0.828 bits per heavy atom. The van der Waals surface area contributed by atoms with Gasteiger partial charge in [0, 0.05) is 16.6 Å². The van der Waals surface area contributed by atoms with E-state index >= 15 is 0 Å². The molecule has 0 saturated carbocycles. The summed E-state index contributed by atoms with van der Waals surface area (Å²) < 4.78 is 1.21. The van der Waals surface area contributed by atoms with Crippen LogP contribution in [-0.4, -0.2) is 22.2 Å². The van der Waals surface area contributed by atoms with Gasteiger partial charge in [0.15, 0.2) is 0 Å². The second kappa shape index (κ2) is 12.7.